The van der Waals surface area contributed by atoms with Crippen LogP contribution in [0.3, 0.4) is 0 Å². The molecule has 1 aliphatic rings. The monoisotopic (exact) mass is 277 g/mol. The molecule has 21 heavy (non-hydrogen) atoms. The Bertz CT molecular complexity index is 776. The molecule has 0 bridgehead atoms. The van der Waals surface area contributed by atoms with Crippen LogP contribution in [-0.4, -0.2) is 15.1 Å². The van der Waals surface area contributed by atoms with Gasteiger partial charge in [-0.3, -0.25) is 4.98 Å². The molecule has 4 heteroatoms. The number of rotatable bonds is 3. The molecule has 2 aromatic heterocycles. The minimum Gasteiger partial charge on any atom is -0.339 e. The Kier molecular flexibility index (Phi) is 2.81. The summed E-state index contributed by atoms with van der Waals surface area (Å²) in [5, 5.41) is 4.01. The molecule has 4 nitrogen and oxygen atoms in total. The van der Waals surface area contributed by atoms with Gasteiger partial charge in [-0.2, -0.15) is 4.98 Å². The van der Waals surface area contributed by atoms with Crippen LogP contribution in [0, 0.1) is 6.92 Å². The van der Waals surface area contributed by atoms with Crippen molar-refractivity contribution in [2.24, 2.45) is 0 Å². The largest absolute Gasteiger partial charge is 0.339 e. The molecular weight excluding hydrogens is 262 g/mol. The zero-order valence-electron chi connectivity index (χ0n) is 11.8. The van der Waals surface area contributed by atoms with Crippen molar-refractivity contribution in [1.29, 1.82) is 0 Å². The van der Waals surface area contributed by atoms with Gasteiger partial charge in [0, 0.05) is 24.2 Å². The number of benzene rings is 1. The van der Waals surface area contributed by atoms with Gasteiger partial charge in [0.05, 0.1) is 5.69 Å². The Morgan fingerprint density at radius 2 is 2.05 bits per heavy atom. The Labute approximate surface area is 122 Å². The number of pyridine rings is 1. The predicted molar refractivity (Wildman–Crippen MR) is 79.7 cm³/mol. The van der Waals surface area contributed by atoms with Crippen molar-refractivity contribution in [3.8, 4) is 22.6 Å². The molecule has 0 spiro atoms. The SMILES string of the molecule is Cc1nc(-c2ccc(-c3ccccn3)c(C3CC3)c2)no1. The fourth-order valence-corrected chi connectivity index (χ4v) is 2.61. The summed E-state index contributed by atoms with van der Waals surface area (Å²) < 4.78 is 5.08. The lowest BCUT2D eigenvalue weighted by Crippen LogP contribution is -1.92. The summed E-state index contributed by atoms with van der Waals surface area (Å²) in [6.45, 7) is 1.81. The Morgan fingerprint density at radius 1 is 1.14 bits per heavy atom. The Balaban J connectivity index is 1.82. The van der Waals surface area contributed by atoms with Crippen molar-refractivity contribution < 1.29 is 4.52 Å². The molecule has 1 aromatic carbocycles. The third-order valence-electron chi connectivity index (χ3n) is 3.80. The molecule has 3 aromatic rings. The van der Waals surface area contributed by atoms with Gasteiger partial charge < -0.3 is 4.52 Å². The van der Waals surface area contributed by atoms with Gasteiger partial charge in [0.1, 0.15) is 0 Å². The van der Waals surface area contributed by atoms with E-state index in [9.17, 15) is 0 Å². The highest BCUT2D eigenvalue weighted by Gasteiger charge is 2.27. The Hall–Kier alpha value is -2.49. The lowest BCUT2D eigenvalue weighted by Gasteiger charge is -2.09. The fraction of sp³-hybridized carbons (Fsp3) is 0.235. The van der Waals surface area contributed by atoms with E-state index in [0.717, 1.165) is 11.3 Å². The molecular formula is C17H15N3O. The van der Waals surface area contributed by atoms with Gasteiger partial charge in [-0.1, -0.05) is 23.4 Å². The summed E-state index contributed by atoms with van der Waals surface area (Å²) in [6, 6.07) is 12.4. The first-order valence-electron chi connectivity index (χ1n) is 7.17. The van der Waals surface area contributed by atoms with E-state index in [-0.39, 0.29) is 0 Å². The number of nitrogens with zero attached hydrogens (tertiary/aromatic N) is 3. The third-order valence-corrected chi connectivity index (χ3v) is 3.80. The second-order valence-electron chi connectivity index (χ2n) is 5.43. The zero-order chi connectivity index (χ0) is 14.2. The lowest BCUT2D eigenvalue weighted by atomic mass is 9.97. The molecule has 4 rings (SSSR count). The zero-order valence-corrected chi connectivity index (χ0v) is 11.8. The average Bonchev–Trinajstić information content (AvgIpc) is 3.29. The van der Waals surface area contributed by atoms with Crippen LogP contribution in [0.4, 0.5) is 0 Å². The minimum absolute atomic E-state index is 0.590. The minimum atomic E-state index is 0.590. The molecule has 0 radical (unpaired) electrons. The second kappa shape index (κ2) is 4.81. The molecule has 1 fully saturated rings. The van der Waals surface area contributed by atoms with Crippen LogP contribution < -0.4 is 0 Å². The number of aromatic nitrogens is 3. The van der Waals surface area contributed by atoms with Gasteiger partial charge in [0.15, 0.2) is 0 Å². The first-order chi connectivity index (χ1) is 10.3. The smallest absolute Gasteiger partial charge is 0.223 e. The van der Waals surface area contributed by atoms with Crippen LogP contribution in [0.5, 0.6) is 0 Å². The summed E-state index contributed by atoms with van der Waals surface area (Å²) in [6.07, 6.45) is 4.32. The molecule has 0 saturated heterocycles. The molecule has 1 aliphatic carbocycles. The van der Waals surface area contributed by atoms with Crippen LogP contribution in [0.15, 0.2) is 47.1 Å². The highest BCUT2D eigenvalue weighted by molar-refractivity contribution is 5.70. The lowest BCUT2D eigenvalue weighted by molar-refractivity contribution is 0.394. The van der Waals surface area contributed by atoms with E-state index >= 15 is 0 Å². The third kappa shape index (κ3) is 2.33. The number of aryl methyl sites for hydroxylation is 1. The highest BCUT2D eigenvalue weighted by Crippen LogP contribution is 2.45. The summed E-state index contributed by atoms with van der Waals surface area (Å²) in [4.78, 5) is 8.79. The highest BCUT2D eigenvalue weighted by atomic mass is 16.5. The molecule has 1 saturated carbocycles. The van der Waals surface area contributed by atoms with E-state index in [1.807, 2.05) is 24.4 Å². The van der Waals surface area contributed by atoms with Crippen LogP contribution in [0.1, 0.15) is 30.2 Å². The molecule has 104 valence electrons. The van der Waals surface area contributed by atoms with E-state index in [1.165, 1.54) is 24.0 Å². The van der Waals surface area contributed by atoms with E-state index in [4.69, 9.17) is 4.52 Å². The molecule has 0 amide bonds. The van der Waals surface area contributed by atoms with Crippen molar-refractivity contribution in [2.75, 3.05) is 0 Å². The fourth-order valence-electron chi connectivity index (χ4n) is 2.61. The standard InChI is InChI=1S/C17H15N3O/c1-11-19-17(20-21-11)13-7-8-14(15(10-13)12-5-6-12)16-4-2-3-9-18-16/h2-4,7-10,12H,5-6H2,1H3. The maximum absolute atomic E-state index is 5.08. The van der Waals surface area contributed by atoms with Gasteiger partial charge in [-0.25, -0.2) is 0 Å². The molecule has 0 aliphatic heterocycles. The van der Waals surface area contributed by atoms with Gasteiger partial charge in [-0.05, 0) is 42.5 Å². The topological polar surface area (TPSA) is 51.8 Å². The maximum Gasteiger partial charge on any atom is 0.223 e. The van der Waals surface area contributed by atoms with Crippen molar-refractivity contribution in [3.05, 3.63) is 54.0 Å². The van der Waals surface area contributed by atoms with E-state index in [1.54, 1.807) is 6.92 Å². The molecule has 0 atom stereocenters. The van der Waals surface area contributed by atoms with Crippen LogP contribution >= 0.6 is 0 Å². The molecule has 2 heterocycles. The van der Waals surface area contributed by atoms with Crippen molar-refractivity contribution in [3.63, 3.8) is 0 Å². The predicted octanol–water partition coefficient (Wildman–Crippen LogP) is 3.98. The second-order valence-corrected chi connectivity index (χ2v) is 5.43. The quantitative estimate of drug-likeness (QED) is 0.726. The van der Waals surface area contributed by atoms with Crippen LogP contribution in [0.2, 0.25) is 0 Å². The van der Waals surface area contributed by atoms with Crippen LogP contribution in [-0.2, 0) is 0 Å². The van der Waals surface area contributed by atoms with Crippen LogP contribution in [0.25, 0.3) is 22.6 Å². The number of hydrogen-bond acceptors (Lipinski definition) is 4. The summed E-state index contributed by atoms with van der Waals surface area (Å²) >= 11 is 0. The van der Waals surface area contributed by atoms with Crippen molar-refractivity contribution in [2.45, 2.75) is 25.7 Å². The first kappa shape index (κ1) is 12.3. The van der Waals surface area contributed by atoms with Gasteiger partial charge in [-0.15, -0.1) is 0 Å². The van der Waals surface area contributed by atoms with E-state index in [0.29, 0.717) is 17.6 Å². The molecule has 0 N–H and O–H groups in total. The van der Waals surface area contributed by atoms with Gasteiger partial charge in [0.2, 0.25) is 11.7 Å². The average molecular weight is 277 g/mol. The van der Waals surface area contributed by atoms with Crippen molar-refractivity contribution in [1.82, 2.24) is 15.1 Å². The molecule has 0 unspecified atom stereocenters. The summed E-state index contributed by atoms with van der Waals surface area (Å²) in [7, 11) is 0. The van der Waals surface area contributed by atoms with E-state index < -0.39 is 0 Å². The Morgan fingerprint density at radius 3 is 2.71 bits per heavy atom. The first-order valence-corrected chi connectivity index (χ1v) is 7.17. The van der Waals surface area contributed by atoms with E-state index in [2.05, 4.69) is 33.3 Å². The maximum atomic E-state index is 5.08. The summed E-state index contributed by atoms with van der Waals surface area (Å²) in [5.74, 6) is 1.88. The number of hydrogen-bond donors (Lipinski definition) is 0. The normalized spacial score (nSPS) is 14.3. The summed E-state index contributed by atoms with van der Waals surface area (Å²) in [5.41, 5.74) is 4.58. The van der Waals surface area contributed by atoms with Gasteiger partial charge >= 0.3 is 0 Å². The van der Waals surface area contributed by atoms with Crippen molar-refractivity contribution >= 4 is 0 Å². The van der Waals surface area contributed by atoms with Gasteiger partial charge in [0.25, 0.3) is 0 Å².